The van der Waals surface area contributed by atoms with Crippen LogP contribution < -0.4 is 10.1 Å². The van der Waals surface area contributed by atoms with Crippen molar-refractivity contribution in [1.29, 1.82) is 0 Å². The second-order valence-corrected chi connectivity index (χ2v) is 5.73. The van der Waals surface area contributed by atoms with Crippen molar-refractivity contribution in [2.24, 2.45) is 0 Å². The van der Waals surface area contributed by atoms with Crippen LogP contribution in [-0.4, -0.2) is 18.0 Å². The molecule has 1 atom stereocenters. The number of hydrogen-bond donors (Lipinski definition) is 1. The number of hydrogen-bond acceptors (Lipinski definition) is 6. The molecule has 1 aromatic carbocycles. The van der Waals surface area contributed by atoms with E-state index in [0.29, 0.717) is 30.0 Å². The van der Waals surface area contributed by atoms with Gasteiger partial charge in [-0.2, -0.15) is 0 Å². The van der Waals surface area contributed by atoms with E-state index in [4.69, 9.17) is 13.7 Å². The van der Waals surface area contributed by atoms with E-state index in [-0.39, 0.29) is 11.7 Å². The number of benzene rings is 1. The number of ether oxygens (including phenoxy) is 1. The lowest BCUT2D eigenvalue weighted by atomic mass is 9.85. The zero-order valence-corrected chi connectivity index (χ0v) is 13.1. The molecule has 0 amide bonds. The lowest BCUT2D eigenvalue weighted by Gasteiger charge is -2.18. The zero-order valence-electron chi connectivity index (χ0n) is 13.1. The number of furan rings is 1. The molecule has 0 radical (unpaired) electrons. The Hall–Kier alpha value is -3.02. The minimum Gasteiger partial charge on any atom is -0.497 e. The molecule has 3 aromatic rings. The third-order valence-electron chi connectivity index (χ3n) is 4.20. The van der Waals surface area contributed by atoms with Gasteiger partial charge in [-0.05, 0) is 36.4 Å². The summed E-state index contributed by atoms with van der Waals surface area (Å²) in [5.41, 5.74) is 1.35. The van der Waals surface area contributed by atoms with Crippen LogP contribution in [0.4, 0.5) is 11.5 Å². The number of carbonyl (C=O) groups excluding carboxylic acids is 1. The monoisotopic (exact) mass is 324 g/mol. The molecular weight excluding hydrogens is 308 g/mol. The number of carbonyl (C=O) groups is 1. The van der Waals surface area contributed by atoms with Gasteiger partial charge in [-0.25, -0.2) is 0 Å². The van der Waals surface area contributed by atoms with Crippen LogP contribution in [0.25, 0.3) is 0 Å². The normalized spacial score (nSPS) is 16.7. The Morgan fingerprint density at radius 3 is 2.75 bits per heavy atom. The van der Waals surface area contributed by atoms with Crippen LogP contribution in [0, 0.1) is 0 Å². The number of nitrogens with one attached hydrogen (secondary N) is 1. The standard InChI is InChI=1S/C18H16N2O4/c1-22-13-6-4-12(5-7-13)19-18-17-14(21)9-11(10-16(17)24-20-18)15-3-2-8-23-15/h2-8,11H,9-10H2,1H3,(H,19,20)/t11-/m0/s1. The van der Waals surface area contributed by atoms with Gasteiger partial charge in [-0.3, -0.25) is 4.79 Å². The largest absolute Gasteiger partial charge is 0.497 e. The van der Waals surface area contributed by atoms with E-state index in [0.717, 1.165) is 17.2 Å². The third kappa shape index (κ3) is 2.56. The van der Waals surface area contributed by atoms with Gasteiger partial charge >= 0.3 is 0 Å². The molecule has 0 fully saturated rings. The summed E-state index contributed by atoms with van der Waals surface area (Å²) >= 11 is 0. The van der Waals surface area contributed by atoms with Crippen molar-refractivity contribution >= 4 is 17.3 Å². The maximum absolute atomic E-state index is 12.6. The Kier molecular flexibility index (Phi) is 3.57. The minimum absolute atomic E-state index is 0.00165. The molecular formula is C18H16N2O4. The SMILES string of the molecule is COc1ccc(Nc2noc3c2C(=O)C[C@H](c2ccco2)C3)cc1. The molecule has 122 valence electrons. The summed E-state index contributed by atoms with van der Waals surface area (Å²) in [7, 11) is 1.62. The van der Waals surface area contributed by atoms with Crippen molar-refractivity contribution in [3.8, 4) is 5.75 Å². The molecule has 0 aliphatic heterocycles. The number of Topliss-reactive ketones (excluding diaryl/α,β-unsaturated/α-hetero) is 1. The van der Waals surface area contributed by atoms with Crippen LogP contribution in [0.2, 0.25) is 0 Å². The van der Waals surface area contributed by atoms with Crippen molar-refractivity contribution in [2.45, 2.75) is 18.8 Å². The maximum atomic E-state index is 12.6. The van der Waals surface area contributed by atoms with Gasteiger partial charge in [0.1, 0.15) is 17.1 Å². The van der Waals surface area contributed by atoms with E-state index in [1.54, 1.807) is 13.4 Å². The van der Waals surface area contributed by atoms with E-state index in [2.05, 4.69) is 10.5 Å². The predicted octanol–water partition coefficient (Wildman–Crippen LogP) is 3.93. The second-order valence-electron chi connectivity index (χ2n) is 5.73. The molecule has 0 spiro atoms. The number of methoxy groups -OCH3 is 1. The number of fused-ring (bicyclic) bond motifs is 1. The highest BCUT2D eigenvalue weighted by atomic mass is 16.5. The lowest BCUT2D eigenvalue weighted by Crippen LogP contribution is -2.17. The highest BCUT2D eigenvalue weighted by Crippen LogP contribution is 2.36. The Balaban J connectivity index is 1.58. The first-order chi connectivity index (χ1) is 11.7. The Morgan fingerprint density at radius 2 is 2.04 bits per heavy atom. The van der Waals surface area contributed by atoms with Gasteiger partial charge in [-0.1, -0.05) is 5.16 Å². The first-order valence-corrected chi connectivity index (χ1v) is 7.71. The van der Waals surface area contributed by atoms with Crippen molar-refractivity contribution in [1.82, 2.24) is 5.16 Å². The average Bonchev–Trinajstić information content (AvgIpc) is 3.26. The molecule has 2 aromatic heterocycles. The summed E-state index contributed by atoms with van der Waals surface area (Å²) < 4.78 is 16.0. The highest BCUT2D eigenvalue weighted by Gasteiger charge is 2.34. The van der Waals surface area contributed by atoms with Crippen molar-refractivity contribution in [3.63, 3.8) is 0 Å². The van der Waals surface area contributed by atoms with Crippen LogP contribution in [0.5, 0.6) is 5.75 Å². The maximum Gasteiger partial charge on any atom is 0.185 e. The van der Waals surface area contributed by atoms with Crippen molar-refractivity contribution in [2.75, 3.05) is 12.4 Å². The fourth-order valence-electron chi connectivity index (χ4n) is 2.99. The highest BCUT2D eigenvalue weighted by molar-refractivity contribution is 6.03. The first-order valence-electron chi connectivity index (χ1n) is 7.71. The second kappa shape index (κ2) is 5.88. The summed E-state index contributed by atoms with van der Waals surface area (Å²) in [4.78, 5) is 12.6. The lowest BCUT2D eigenvalue weighted by molar-refractivity contribution is 0.0956. The van der Waals surface area contributed by atoms with Gasteiger partial charge in [0.25, 0.3) is 0 Å². The summed E-state index contributed by atoms with van der Waals surface area (Å²) in [6.45, 7) is 0. The molecule has 1 aliphatic rings. The van der Waals surface area contributed by atoms with E-state index in [1.807, 2.05) is 36.4 Å². The quantitative estimate of drug-likeness (QED) is 0.783. The van der Waals surface area contributed by atoms with Gasteiger partial charge in [0.15, 0.2) is 17.4 Å². The van der Waals surface area contributed by atoms with Gasteiger partial charge in [0.2, 0.25) is 0 Å². The summed E-state index contributed by atoms with van der Waals surface area (Å²) in [5, 5.41) is 7.17. The van der Waals surface area contributed by atoms with E-state index >= 15 is 0 Å². The van der Waals surface area contributed by atoms with Gasteiger partial charge in [0, 0.05) is 24.4 Å². The molecule has 0 unspecified atom stereocenters. The molecule has 0 saturated carbocycles. The molecule has 24 heavy (non-hydrogen) atoms. The minimum atomic E-state index is 0.00165. The summed E-state index contributed by atoms with van der Waals surface area (Å²) in [5.74, 6) is 2.63. The van der Waals surface area contributed by atoms with E-state index < -0.39 is 0 Å². The smallest absolute Gasteiger partial charge is 0.185 e. The Labute approximate surface area is 138 Å². The van der Waals surface area contributed by atoms with Crippen LogP contribution in [0.1, 0.15) is 34.2 Å². The zero-order chi connectivity index (χ0) is 16.5. The number of rotatable bonds is 4. The molecule has 4 rings (SSSR count). The molecule has 6 nitrogen and oxygen atoms in total. The van der Waals surface area contributed by atoms with Crippen molar-refractivity contribution in [3.05, 3.63) is 59.7 Å². The first kappa shape index (κ1) is 14.6. The fraction of sp³-hybridized carbons (Fsp3) is 0.222. The molecule has 0 saturated heterocycles. The van der Waals surface area contributed by atoms with Gasteiger partial charge < -0.3 is 19.0 Å². The molecule has 1 N–H and O–H groups in total. The molecule has 1 aliphatic carbocycles. The Bertz CT molecular complexity index is 850. The fourth-order valence-corrected chi connectivity index (χ4v) is 2.99. The summed E-state index contributed by atoms with van der Waals surface area (Å²) in [6.07, 6.45) is 2.61. The van der Waals surface area contributed by atoms with E-state index in [9.17, 15) is 4.79 Å². The molecule has 6 heteroatoms. The molecule has 0 bridgehead atoms. The van der Waals surface area contributed by atoms with Gasteiger partial charge in [-0.15, -0.1) is 0 Å². The van der Waals surface area contributed by atoms with Crippen LogP contribution in [0.15, 0.2) is 51.6 Å². The third-order valence-corrected chi connectivity index (χ3v) is 4.20. The van der Waals surface area contributed by atoms with Crippen LogP contribution >= 0.6 is 0 Å². The average molecular weight is 324 g/mol. The molecule has 2 heterocycles. The number of aromatic nitrogens is 1. The van der Waals surface area contributed by atoms with Gasteiger partial charge in [0.05, 0.1) is 13.4 Å². The Morgan fingerprint density at radius 1 is 1.21 bits per heavy atom. The van der Waals surface area contributed by atoms with Crippen LogP contribution in [-0.2, 0) is 6.42 Å². The topological polar surface area (TPSA) is 77.5 Å². The summed E-state index contributed by atoms with van der Waals surface area (Å²) in [6, 6.07) is 11.1. The number of anilines is 2. The van der Waals surface area contributed by atoms with Crippen molar-refractivity contribution < 1.29 is 18.5 Å². The van der Waals surface area contributed by atoms with E-state index in [1.165, 1.54) is 0 Å². The predicted molar refractivity (Wildman–Crippen MR) is 86.9 cm³/mol. The number of ketones is 1. The number of nitrogens with zero attached hydrogens (tertiary/aromatic N) is 1. The van der Waals surface area contributed by atoms with Crippen LogP contribution in [0.3, 0.4) is 0 Å².